The lowest BCUT2D eigenvalue weighted by Crippen LogP contribution is -2.57. The number of benzene rings is 2. The average molecular weight is 1030 g/mol. The molecule has 4 aliphatic carbocycles. The van der Waals surface area contributed by atoms with Crippen LogP contribution >= 0.6 is 0 Å². The second kappa shape index (κ2) is 26.1. The maximum atomic E-state index is 14.6. The van der Waals surface area contributed by atoms with Gasteiger partial charge in [0.1, 0.15) is 24.2 Å². The van der Waals surface area contributed by atoms with E-state index in [4.69, 9.17) is 0 Å². The van der Waals surface area contributed by atoms with Crippen molar-refractivity contribution in [3.63, 3.8) is 0 Å². The number of carbonyl (C=O) groups is 8. The first-order chi connectivity index (χ1) is 35.6. The number of nitrogens with one attached hydrogen (secondary N) is 4. The molecule has 404 valence electrons. The number of hydrogen-bond acceptors (Lipinski definition) is 10. The highest BCUT2D eigenvalue weighted by Gasteiger charge is 2.41. The van der Waals surface area contributed by atoms with E-state index >= 15 is 0 Å². The van der Waals surface area contributed by atoms with Gasteiger partial charge in [-0.3, -0.25) is 38.4 Å². The Balaban J connectivity index is 1.14. The summed E-state index contributed by atoms with van der Waals surface area (Å²) in [6, 6.07) is 13.0. The van der Waals surface area contributed by atoms with Crippen LogP contribution in [-0.2, 0) is 51.2 Å². The average Bonchev–Trinajstić information content (AvgIpc) is 3.44. The van der Waals surface area contributed by atoms with Crippen LogP contribution in [0.5, 0.6) is 0 Å². The van der Waals surface area contributed by atoms with E-state index in [1.54, 1.807) is 38.0 Å². The van der Waals surface area contributed by atoms with Gasteiger partial charge in [-0.15, -0.1) is 0 Å². The normalized spacial score (nSPS) is 32.1. The molecule has 12 atom stereocenters. The van der Waals surface area contributed by atoms with Gasteiger partial charge in [0.2, 0.25) is 47.3 Å². The molecule has 0 spiro atoms. The van der Waals surface area contributed by atoms with Crippen LogP contribution in [0, 0.1) is 23.7 Å². The Morgan fingerprint density at radius 1 is 0.378 bits per heavy atom. The second-order valence-electron chi connectivity index (χ2n) is 21.9. The molecule has 7 rings (SSSR count). The van der Waals surface area contributed by atoms with E-state index in [9.17, 15) is 48.6 Å². The number of aliphatic hydroxyl groups excluding tert-OH is 2. The predicted molar refractivity (Wildman–Crippen MR) is 276 cm³/mol. The molecular formula is C56H80N8O10. The highest BCUT2D eigenvalue weighted by molar-refractivity contribution is 5.92. The van der Waals surface area contributed by atoms with E-state index in [0.717, 1.165) is 11.1 Å². The summed E-state index contributed by atoms with van der Waals surface area (Å²) in [5, 5.41) is 32.9. The summed E-state index contributed by atoms with van der Waals surface area (Å²) in [6.45, 7) is -1.27. The van der Waals surface area contributed by atoms with Crippen LogP contribution in [-0.4, -0.2) is 167 Å². The summed E-state index contributed by atoms with van der Waals surface area (Å²) in [5.41, 5.74) is 1.70. The first-order valence-corrected chi connectivity index (χ1v) is 27.1. The largest absolute Gasteiger partial charge is 0.394 e. The Morgan fingerprint density at radius 2 is 0.622 bits per heavy atom. The summed E-state index contributed by atoms with van der Waals surface area (Å²) >= 11 is 0. The number of fused-ring (bicyclic) bond motifs is 8. The molecular weight excluding hydrogens is 945 g/mol. The van der Waals surface area contributed by atoms with Gasteiger partial charge in [-0.1, -0.05) is 86.3 Å². The fraction of sp³-hybridized carbons (Fsp3) is 0.643. The van der Waals surface area contributed by atoms with Gasteiger partial charge >= 0.3 is 0 Å². The zero-order chi connectivity index (χ0) is 53.1. The highest BCUT2D eigenvalue weighted by atomic mass is 16.3. The van der Waals surface area contributed by atoms with Gasteiger partial charge in [0.25, 0.3) is 0 Å². The first kappa shape index (κ1) is 55.9. The van der Waals surface area contributed by atoms with Crippen molar-refractivity contribution in [2.75, 3.05) is 41.4 Å². The van der Waals surface area contributed by atoms with Crippen molar-refractivity contribution in [1.82, 2.24) is 40.9 Å². The van der Waals surface area contributed by atoms with E-state index in [1.807, 2.05) is 60.7 Å². The van der Waals surface area contributed by atoms with Crippen molar-refractivity contribution in [2.24, 2.45) is 23.7 Å². The van der Waals surface area contributed by atoms with Gasteiger partial charge in [-0.25, -0.2) is 0 Å². The van der Waals surface area contributed by atoms with Crippen LogP contribution in [0.4, 0.5) is 0 Å². The van der Waals surface area contributed by atoms with Crippen LogP contribution in [0.2, 0.25) is 0 Å². The molecule has 1 saturated heterocycles. The van der Waals surface area contributed by atoms with Gasteiger partial charge in [0.15, 0.2) is 0 Å². The van der Waals surface area contributed by atoms with E-state index in [1.165, 1.54) is 9.80 Å². The molecule has 5 fully saturated rings. The van der Waals surface area contributed by atoms with Crippen molar-refractivity contribution in [1.29, 1.82) is 0 Å². The number of hydrogen-bond donors (Lipinski definition) is 6. The molecule has 0 radical (unpaired) electrons. The monoisotopic (exact) mass is 1020 g/mol. The molecule has 6 N–H and O–H groups in total. The number of likely N-dealkylation sites (N-methyl/N-ethyl adjacent to an activating group) is 4. The highest BCUT2D eigenvalue weighted by Crippen LogP contribution is 2.33. The lowest BCUT2D eigenvalue weighted by Gasteiger charge is -2.39. The van der Waals surface area contributed by atoms with Gasteiger partial charge in [-0.2, -0.15) is 0 Å². The molecule has 74 heavy (non-hydrogen) atoms. The SMILES string of the molecule is CN1C(=O)[C@H](Cc2ccccc2)NC(=O)[C@@H]2CCC[C@@H](C2)N(C)C(=O)[C@@H](CO)NC(=O)[C@@H]2CCC[C@@H](C2)N(C)C(=O)[C@@H](Cc2ccccc2)NC(=O)[C@@H]2CCC[C@@H](C2)N(C)C(=O)[C@@H](CO)NC(=O)[C@@H]2CCC[C@H]1C2. The Kier molecular flexibility index (Phi) is 19.7. The quantitative estimate of drug-likeness (QED) is 0.247. The minimum Gasteiger partial charge on any atom is -0.394 e. The molecule has 0 unspecified atom stereocenters. The molecule has 8 bridgehead atoms. The Morgan fingerprint density at radius 3 is 0.878 bits per heavy atom. The fourth-order valence-corrected chi connectivity index (χ4v) is 12.3. The maximum absolute atomic E-state index is 14.6. The molecule has 8 amide bonds. The molecule has 18 nitrogen and oxygen atoms in total. The number of amides is 8. The number of aliphatic hydroxyl groups is 2. The van der Waals surface area contributed by atoms with Crippen molar-refractivity contribution in [2.45, 2.75) is 164 Å². The molecule has 1 heterocycles. The summed E-state index contributed by atoms with van der Waals surface area (Å²) in [7, 11) is 6.63. The van der Waals surface area contributed by atoms with Crippen molar-refractivity contribution in [3.8, 4) is 0 Å². The Bertz CT molecular complexity index is 2130. The standard InChI is InChI=1S/C56H80N8O10/c1-61-41-23-13-21-39(31-41)51(69)59-47(33-65)55(73)64(4)44-26-12-20-38(30-44)50(68)58-46(28-36-17-9-6-10-18-36)54(72)62(2)42-24-14-22-40(32-42)52(70)60-48(34-66)56(74)63(3)43-25-11-19-37(29-43)49(67)57-45(53(61)71)27-35-15-7-5-8-16-35/h5-10,15-18,37-48,65-66H,11-14,19-34H2,1-4H3,(H,57,67)(H,58,68)(H,59,69)(H,60,70)/t37-,38-,39-,40-,41+,42+,43+,44+,45-,46+,47-,48-/m1/s1. The minimum atomic E-state index is -1.23. The third kappa shape index (κ3) is 13.9. The van der Waals surface area contributed by atoms with Crippen LogP contribution < -0.4 is 21.3 Å². The fourth-order valence-electron chi connectivity index (χ4n) is 12.3. The molecule has 0 aromatic heterocycles. The molecule has 2 aromatic carbocycles. The molecule has 4 saturated carbocycles. The lowest BCUT2D eigenvalue weighted by molar-refractivity contribution is -0.143. The number of rotatable bonds is 6. The number of nitrogens with zero attached hydrogens (tertiary/aromatic N) is 4. The third-order valence-corrected chi connectivity index (χ3v) is 17.0. The van der Waals surface area contributed by atoms with Crippen molar-refractivity contribution < 1.29 is 48.6 Å². The first-order valence-electron chi connectivity index (χ1n) is 27.1. The molecule has 18 heteroatoms. The predicted octanol–water partition coefficient (Wildman–Crippen LogP) is 2.48. The van der Waals surface area contributed by atoms with Gasteiger partial charge in [-0.05, 0) is 88.2 Å². The van der Waals surface area contributed by atoms with Gasteiger partial charge in [0.05, 0.1) is 13.2 Å². The number of carbonyl (C=O) groups excluding carboxylic acids is 8. The summed E-state index contributed by atoms with van der Waals surface area (Å²) in [5.74, 6) is -5.17. The lowest BCUT2D eigenvalue weighted by atomic mass is 9.83. The smallest absolute Gasteiger partial charge is 0.247 e. The third-order valence-electron chi connectivity index (χ3n) is 17.0. The Hall–Kier alpha value is -5.88. The topological polar surface area (TPSA) is 238 Å². The molecule has 5 aliphatic rings. The second-order valence-corrected chi connectivity index (χ2v) is 21.9. The van der Waals surface area contributed by atoms with Crippen molar-refractivity contribution >= 4 is 47.3 Å². The van der Waals surface area contributed by atoms with E-state index in [0.29, 0.717) is 103 Å². The van der Waals surface area contributed by atoms with E-state index in [-0.39, 0.29) is 60.6 Å². The molecule has 2 aromatic rings. The summed E-state index contributed by atoms with van der Waals surface area (Å²) in [6.07, 6.45) is 8.79. The summed E-state index contributed by atoms with van der Waals surface area (Å²) in [4.78, 5) is 120. The van der Waals surface area contributed by atoms with E-state index < -0.39 is 84.7 Å². The van der Waals surface area contributed by atoms with Crippen LogP contribution in [0.3, 0.4) is 0 Å². The summed E-state index contributed by atoms with van der Waals surface area (Å²) < 4.78 is 0. The maximum Gasteiger partial charge on any atom is 0.247 e. The van der Waals surface area contributed by atoms with Gasteiger partial charge in [0, 0.05) is 88.9 Å². The minimum absolute atomic E-state index is 0.224. The van der Waals surface area contributed by atoms with E-state index in [2.05, 4.69) is 21.3 Å². The molecule has 1 aliphatic heterocycles. The zero-order valence-electron chi connectivity index (χ0n) is 43.8. The van der Waals surface area contributed by atoms with Gasteiger partial charge < -0.3 is 51.1 Å². The van der Waals surface area contributed by atoms with Crippen LogP contribution in [0.1, 0.15) is 114 Å². The van der Waals surface area contributed by atoms with Crippen molar-refractivity contribution in [3.05, 3.63) is 71.8 Å². The van der Waals surface area contributed by atoms with Crippen LogP contribution in [0.15, 0.2) is 60.7 Å². The zero-order valence-corrected chi connectivity index (χ0v) is 43.8. The Labute approximate surface area is 436 Å². The van der Waals surface area contributed by atoms with Crippen LogP contribution in [0.25, 0.3) is 0 Å².